The van der Waals surface area contributed by atoms with Crippen LogP contribution in [0.2, 0.25) is 0 Å². The van der Waals surface area contributed by atoms with E-state index in [-0.39, 0.29) is 6.61 Å². The van der Waals surface area contributed by atoms with Gasteiger partial charge in [-0.25, -0.2) is 0 Å². The highest BCUT2D eigenvalue weighted by Gasteiger charge is 2.05. The molecule has 23 heavy (non-hydrogen) atoms. The maximum Gasteiger partial charge on any atom is 0.121 e. The van der Waals surface area contributed by atoms with Crippen molar-refractivity contribution in [1.29, 1.82) is 0 Å². The summed E-state index contributed by atoms with van der Waals surface area (Å²) in [7, 11) is 0. The van der Waals surface area contributed by atoms with Gasteiger partial charge in [-0.15, -0.1) is 0 Å². The molecular weight excluding hydrogens is 290 g/mol. The summed E-state index contributed by atoms with van der Waals surface area (Å²) in [6.45, 7) is 5.30. The molecule has 2 aromatic carbocycles. The third-order valence-electron chi connectivity index (χ3n) is 3.17. The van der Waals surface area contributed by atoms with E-state index in [2.05, 4.69) is 11.9 Å². The van der Waals surface area contributed by atoms with Gasteiger partial charge in [0.15, 0.2) is 0 Å². The lowest BCUT2D eigenvalue weighted by Crippen LogP contribution is -2.24. The van der Waals surface area contributed by atoms with Crippen LogP contribution in [0.5, 0.6) is 5.75 Å². The summed E-state index contributed by atoms with van der Waals surface area (Å²) in [5.74, 6) is 0.768. The lowest BCUT2D eigenvalue weighted by molar-refractivity contribution is 0.0348. The highest BCUT2D eigenvalue weighted by Crippen LogP contribution is 2.17. The molecule has 0 spiro atoms. The Hall–Kier alpha value is -2.30. The Balaban J connectivity index is 1.69. The van der Waals surface area contributed by atoms with E-state index in [1.807, 2.05) is 54.6 Å². The van der Waals surface area contributed by atoms with Crippen LogP contribution >= 0.6 is 0 Å². The Morgan fingerprint density at radius 3 is 2.74 bits per heavy atom. The maximum atomic E-state index is 9.97. The molecule has 4 nitrogen and oxygen atoms in total. The second kappa shape index (κ2) is 9.66. The molecule has 0 radical (unpaired) electrons. The quantitative estimate of drug-likeness (QED) is 0.661. The molecule has 0 fully saturated rings. The van der Waals surface area contributed by atoms with E-state index >= 15 is 0 Å². The van der Waals surface area contributed by atoms with Crippen molar-refractivity contribution in [3.63, 3.8) is 0 Å². The Morgan fingerprint density at radius 2 is 1.96 bits per heavy atom. The summed E-state index contributed by atoms with van der Waals surface area (Å²) < 4.78 is 11.0. The molecule has 122 valence electrons. The van der Waals surface area contributed by atoms with Crippen molar-refractivity contribution < 1.29 is 14.6 Å². The molecule has 1 atom stereocenters. The number of hydrogen-bond donors (Lipinski definition) is 2. The molecule has 4 heteroatoms. The van der Waals surface area contributed by atoms with E-state index in [1.54, 1.807) is 6.08 Å². The SMILES string of the molecule is C=CCOc1cccc(NCC(O)COCc2ccccc2)c1. The van der Waals surface area contributed by atoms with Gasteiger partial charge in [-0.2, -0.15) is 0 Å². The molecule has 0 aliphatic carbocycles. The molecule has 0 saturated heterocycles. The fourth-order valence-electron chi connectivity index (χ4n) is 2.03. The van der Waals surface area contributed by atoms with Gasteiger partial charge in [0.25, 0.3) is 0 Å². The van der Waals surface area contributed by atoms with Crippen LogP contribution in [-0.4, -0.2) is 31.0 Å². The highest BCUT2D eigenvalue weighted by atomic mass is 16.5. The van der Waals surface area contributed by atoms with Crippen LogP contribution in [0.3, 0.4) is 0 Å². The largest absolute Gasteiger partial charge is 0.489 e. The summed E-state index contributed by atoms with van der Waals surface area (Å²) in [4.78, 5) is 0. The van der Waals surface area contributed by atoms with Crippen molar-refractivity contribution in [2.75, 3.05) is 25.1 Å². The van der Waals surface area contributed by atoms with Gasteiger partial charge in [0, 0.05) is 18.3 Å². The third kappa shape index (κ3) is 6.55. The lowest BCUT2D eigenvalue weighted by atomic mass is 10.2. The van der Waals surface area contributed by atoms with E-state index in [9.17, 15) is 5.11 Å². The first-order valence-corrected chi connectivity index (χ1v) is 7.65. The van der Waals surface area contributed by atoms with Gasteiger partial charge in [-0.1, -0.05) is 49.1 Å². The highest BCUT2D eigenvalue weighted by molar-refractivity contribution is 5.48. The minimum atomic E-state index is -0.573. The summed E-state index contributed by atoms with van der Waals surface area (Å²) in [5, 5.41) is 13.1. The van der Waals surface area contributed by atoms with Crippen LogP contribution in [0.4, 0.5) is 5.69 Å². The molecule has 0 aliphatic rings. The molecule has 2 rings (SSSR count). The number of rotatable bonds is 10. The van der Waals surface area contributed by atoms with Crippen LogP contribution in [0, 0.1) is 0 Å². The van der Waals surface area contributed by atoms with Crippen molar-refractivity contribution in [3.05, 3.63) is 72.8 Å². The Bertz CT molecular complexity index is 586. The summed E-state index contributed by atoms with van der Waals surface area (Å²) in [5.41, 5.74) is 1.99. The summed E-state index contributed by atoms with van der Waals surface area (Å²) in [6.07, 6.45) is 1.13. The molecule has 1 unspecified atom stereocenters. The van der Waals surface area contributed by atoms with E-state index in [4.69, 9.17) is 9.47 Å². The minimum Gasteiger partial charge on any atom is -0.489 e. The molecule has 0 bridgehead atoms. The number of aliphatic hydroxyl groups excluding tert-OH is 1. The topological polar surface area (TPSA) is 50.7 Å². The first-order chi connectivity index (χ1) is 11.3. The van der Waals surface area contributed by atoms with Gasteiger partial charge >= 0.3 is 0 Å². The number of benzene rings is 2. The average Bonchev–Trinajstić information content (AvgIpc) is 2.59. The zero-order valence-electron chi connectivity index (χ0n) is 13.2. The Kier molecular flexibility index (Phi) is 7.17. The van der Waals surface area contributed by atoms with Crippen molar-refractivity contribution in [3.8, 4) is 5.75 Å². The van der Waals surface area contributed by atoms with Crippen LogP contribution in [-0.2, 0) is 11.3 Å². The van der Waals surface area contributed by atoms with Crippen LogP contribution in [0.15, 0.2) is 67.3 Å². The Labute approximate surface area is 137 Å². The maximum absolute atomic E-state index is 9.97. The van der Waals surface area contributed by atoms with Crippen molar-refractivity contribution >= 4 is 5.69 Å². The molecule has 0 amide bonds. The van der Waals surface area contributed by atoms with Gasteiger partial charge in [0.2, 0.25) is 0 Å². The summed E-state index contributed by atoms with van der Waals surface area (Å²) >= 11 is 0. The normalized spacial score (nSPS) is 11.7. The van der Waals surface area contributed by atoms with Crippen LogP contribution in [0.25, 0.3) is 0 Å². The van der Waals surface area contributed by atoms with E-state index in [0.717, 1.165) is 17.0 Å². The minimum absolute atomic E-state index is 0.286. The zero-order chi connectivity index (χ0) is 16.3. The number of hydrogen-bond acceptors (Lipinski definition) is 4. The zero-order valence-corrected chi connectivity index (χ0v) is 13.2. The molecule has 0 aromatic heterocycles. The van der Waals surface area contributed by atoms with Crippen LogP contribution < -0.4 is 10.1 Å². The second-order valence-electron chi connectivity index (χ2n) is 5.16. The first kappa shape index (κ1) is 17.1. The molecule has 0 aliphatic heterocycles. The van der Waals surface area contributed by atoms with Crippen molar-refractivity contribution in [2.45, 2.75) is 12.7 Å². The summed E-state index contributed by atoms with van der Waals surface area (Å²) in [6, 6.07) is 17.5. The van der Waals surface area contributed by atoms with Crippen LogP contribution in [0.1, 0.15) is 5.56 Å². The monoisotopic (exact) mass is 313 g/mol. The molecule has 2 N–H and O–H groups in total. The standard InChI is InChI=1S/C19H23NO3/c1-2-11-23-19-10-6-9-17(12-19)20-13-18(21)15-22-14-16-7-4-3-5-8-16/h2-10,12,18,20-21H,1,11,13-15H2. The van der Waals surface area contributed by atoms with E-state index < -0.39 is 6.10 Å². The van der Waals surface area contributed by atoms with Gasteiger partial charge < -0.3 is 19.9 Å². The third-order valence-corrected chi connectivity index (χ3v) is 3.17. The lowest BCUT2D eigenvalue weighted by Gasteiger charge is -2.14. The van der Waals surface area contributed by atoms with Gasteiger partial charge in [0.05, 0.1) is 19.3 Å². The average molecular weight is 313 g/mol. The van der Waals surface area contributed by atoms with Crippen molar-refractivity contribution in [1.82, 2.24) is 0 Å². The van der Waals surface area contributed by atoms with Crippen molar-refractivity contribution in [2.24, 2.45) is 0 Å². The fourth-order valence-corrected chi connectivity index (χ4v) is 2.03. The predicted octanol–water partition coefficient (Wildman–Crippen LogP) is 3.24. The number of anilines is 1. The molecular formula is C19H23NO3. The molecule has 0 heterocycles. The fraction of sp³-hybridized carbons (Fsp3) is 0.263. The predicted molar refractivity (Wildman–Crippen MR) is 92.7 cm³/mol. The van der Waals surface area contributed by atoms with E-state index in [1.165, 1.54) is 0 Å². The second-order valence-corrected chi connectivity index (χ2v) is 5.16. The van der Waals surface area contributed by atoms with Gasteiger partial charge in [-0.3, -0.25) is 0 Å². The smallest absolute Gasteiger partial charge is 0.121 e. The first-order valence-electron chi connectivity index (χ1n) is 7.65. The Morgan fingerprint density at radius 1 is 1.13 bits per heavy atom. The number of ether oxygens (including phenoxy) is 2. The number of nitrogens with one attached hydrogen (secondary N) is 1. The number of aliphatic hydroxyl groups is 1. The van der Waals surface area contributed by atoms with E-state index in [0.29, 0.717) is 19.8 Å². The van der Waals surface area contributed by atoms with Gasteiger partial charge in [-0.05, 0) is 17.7 Å². The molecule has 2 aromatic rings. The molecule has 0 saturated carbocycles. The van der Waals surface area contributed by atoms with Gasteiger partial charge in [0.1, 0.15) is 12.4 Å².